The lowest BCUT2D eigenvalue weighted by Crippen LogP contribution is -2.45. The molecule has 2 N–H and O–H groups in total. The standard InChI is InChI=1S/C14H20ClN3O4S/c1-18(2)23(20,21)9-10-7-22-8-13(10)17-14(19)16-12-5-3-4-11(15)6-12/h3-6,10,13H,7-9H2,1-2H3,(H2,16,17,19)/t10-,13-/m0/s1. The van der Waals surface area contributed by atoms with E-state index < -0.39 is 16.1 Å². The van der Waals surface area contributed by atoms with Crippen molar-refractivity contribution in [1.82, 2.24) is 9.62 Å². The third kappa shape index (κ3) is 5.07. The van der Waals surface area contributed by atoms with Crippen LogP contribution in [0, 0.1) is 5.92 Å². The second-order valence-electron chi connectivity index (χ2n) is 5.57. The SMILES string of the molecule is CN(C)S(=O)(=O)C[C@@H]1COC[C@@H]1NC(=O)Nc1cccc(Cl)c1. The summed E-state index contributed by atoms with van der Waals surface area (Å²) in [5, 5.41) is 5.94. The lowest BCUT2D eigenvalue weighted by molar-refractivity contribution is 0.184. The minimum absolute atomic E-state index is 0.0673. The Kier molecular flexibility index (Phi) is 5.85. The molecule has 2 rings (SSSR count). The van der Waals surface area contributed by atoms with E-state index in [1.54, 1.807) is 24.3 Å². The van der Waals surface area contributed by atoms with E-state index in [-0.39, 0.29) is 24.3 Å². The summed E-state index contributed by atoms with van der Waals surface area (Å²) in [5.74, 6) is -0.352. The van der Waals surface area contributed by atoms with Gasteiger partial charge in [0, 0.05) is 30.7 Å². The molecule has 1 heterocycles. The van der Waals surface area contributed by atoms with Crippen molar-refractivity contribution in [3.8, 4) is 0 Å². The minimum Gasteiger partial charge on any atom is -0.379 e. The van der Waals surface area contributed by atoms with E-state index in [0.29, 0.717) is 17.3 Å². The molecule has 0 aliphatic carbocycles. The predicted octanol–water partition coefficient (Wildman–Crippen LogP) is 1.37. The first-order valence-electron chi connectivity index (χ1n) is 7.09. The van der Waals surface area contributed by atoms with Crippen LogP contribution in [-0.2, 0) is 14.8 Å². The number of rotatable bonds is 5. The van der Waals surface area contributed by atoms with E-state index in [4.69, 9.17) is 16.3 Å². The van der Waals surface area contributed by atoms with Gasteiger partial charge in [-0.25, -0.2) is 17.5 Å². The summed E-state index contributed by atoms with van der Waals surface area (Å²) in [7, 11) is -0.380. The number of carbonyl (C=O) groups is 1. The van der Waals surface area contributed by atoms with Gasteiger partial charge in [-0.15, -0.1) is 0 Å². The Bertz CT molecular complexity index is 666. The second-order valence-corrected chi connectivity index (χ2v) is 8.24. The van der Waals surface area contributed by atoms with Gasteiger partial charge in [-0.3, -0.25) is 0 Å². The number of nitrogens with zero attached hydrogens (tertiary/aromatic N) is 1. The first-order chi connectivity index (χ1) is 10.8. The fraction of sp³-hybridized carbons (Fsp3) is 0.500. The van der Waals surface area contributed by atoms with Gasteiger partial charge in [-0.05, 0) is 18.2 Å². The molecule has 7 nitrogen and oxygen atoms in total. The lowest BCUT2D eigenvalue weighted by Gasteiger charge is -2.21. The Balaban J connectivity index is 1.94. The summed E-state index contributed by atoms with van der Waals surface area (Å²) < 4.78 is 30.4. The molecule has 0 bridgehead atoms. The molecular weight excluding hydrogens is 342 g/mol. The van der Waals surface area contributed by atoms with Gasteiger partial charge in [0.15, 0.2) is 0 Å². The first kappa shape index (κ1) is 18.0. The summed E-state index contributed by atoms with van der Waals surface area (Å²) in [6.07, 6.45) is 0. The fourth-order valence-electron chi connectivity index (χ4n) is 2.24. The largest absolute Gasteiger partial charge is 0.379 e. The number of hydrogen-bond donors (Lipinski definition) is 2. The molecule has 0 saturated carbocycles. The molecule has 128 valence electrons. The third-order valence-corrected chi connectivity index (χ3v) is 5.78. The Morgan fingerprint density at radius 3 is 2.78 bits per heavy atom. The molecule has 0 spiro atoms. The van der Waals surface area contributed by atoms with Crippen LogP contribution in [-0.4, -0.2) is 57.9 Å². The zero-order valence-electron chi connectivity index (χ0n) is 13.0. The molecule has 0 radical (unpaired) electrons. The van der Waals surface area contributed by atoms with Crippen LogP contribution in [0.2, 0.25) is 5.02 Å². The molecule has 1 saturated heterocycles. The van der Waals surface area contributed by atoms with Crippen LogP contribution in [0.1, 0.15) is 0 Å². The van der Waals surface area contributed by atoms with Crippen LogP contribution in [0.4, 0.5) is 10.5 Å². The normalized spacial score (nSPS) is 21.4. The summed E-state index contributed by atoms with van der Waals surface area (Å²) in [6, 6.07) is 5.99. The summed E-state index contributed by atoms with van der Waals surface area (Å²) in [5.41, 5.74) is 0.561. The van der Waals surface area contributed by atoms with Crippen molar-refractivity contribution in [2.45, 2.75) is 6.04 Å². The minimum atomic E-state index is -3.35. The predicted molar refractivity (Wildman–Crippen MR) is 89.2 cm³/mol. The number of urea groups is 1. The van der Waals surface area contributed by atoms with Crippen molar-refractivity contribution in [2.75, 3.05) is 38.4 Å². The zero-order chi connectivity index (χ0) is 17.0. The molecule has 1 aliphatic rings. The number of sulfonamides is 1. The second kappa shape index (κ2) is 7.48. The van der Waals surface area contributed by atoms with Crippen LogP contribution in [0.15, 0.2) is 24.3 Å². The monoisotopic (exact) mass is 361 g/mol. The number of carbonyl (C=O) groups excluding carboxylic acids is 1. The number of benzene rings is 1. The number of anilines is 1. The first-order valence-corrected chi connectivity index (χ1v) is 9.07. The van der Waals surface area contributed by atoms with Crippen LogP contribution < -0.4 is 10.6 Å². The van der Waals surface area contributed by atoms with Crippen LogP contribution in [0.25, 0.3) is 0 Å². The maximum absolute atomic E-state index is 12.0. The molecule has 23 heavy (non-hydrogen) atoms. The molecule has 1 fully saturated rings. The van der Waals surface area contributed by atoms with Gasteiger partial charge in [0.2, 0.25) is 10.0 Å². The summed E-state index contributed by atoms with van der Waals surface area (Å²) in [4.78, 5) is 12.0. The van der Waals surface area contributed by atoms with Crippen LogP contribution in [0.5, 0.6) is 0 Å². The van der Waals surface area contributed by atoms with Crippen LogP contribution in [0.3, 0.4) is 0 Å². The highest BCUT2D eigenvalue weighted by molar-refractivity contribution is 7.89. The molecule has 0 aromatic heterocycles. The van der Waals surface area contributed by atoms with Gasteiger partial charge in [0.1, 0.15) is 0 Å². The molecule has 1 aliphatic heterocycles. The average Bonchev–Trinajstić information content (AvgIpc) is 2.84. The zero-order valence-corrected chi connectivity index (χ0v) is 14.5. The highest BCUT2D eigenvalue weighted by Gasteiger charge is 2.34. The van der Waals surface area contributed by atoms with E-state index in [2.05, 4.69) is 10.6 Å². The van der Waals surface area contributed by atoms with Gasteiger partial charge in [0.05, 0.1) is 25.0 Å². The van der Waals surface area contributed by atoms with Crippen molar-refractivity contribution in [1.29, 1.82) is 0 Å². The molecule has 9 heteroatoms. The molecule has 1 aromatic rings. The third-order valence-electron chi connectivity index (χ3n) is 3.58. The summed E-state index contributed by atoms with van der Waals surface area (Å²) in [6.45, 7) is 0.589. The van der Waals surface area contributed by atoms with E-state index >= 15 is 0 Å². The number of halogens is 1. The maximum atomic E-state index is 12.0. The van der Waals surface area contributed by atoms with Gasteiger partial charge in [-0.1, -0.05) is 17.7 Å². The Morgan fingerprint density at radius 2 is 2.13 bits per heavy atom. The Morgan fingerprint density at radius 1 is 1.39 bits per heavy atom. The van der Waals surface area contributed by atoms with Crippen molar-refractivity contribution in [2.24, 2.45) is 5.92 Å². The number of hydrogen-bond acceptors (Lipinski definition) is 4. The Labute approximate surface area is 141 Å². The van der Waals surface area contributed by atoms with E-state index in [1.165, 1.54) is 18.4 Å². The molecule has 2 amide bonds. The van der Waals surface area contributed by atoms with Gasteiger partial charge >= 0.3 is 6.03 Å². The quantitative estimate of drug-likeness (QED) is 0.829. The smallest absolute Gasteiger partial charge is 0.319 e. The van der Waals surface area contributed by atoms with Crippen molar-refractivity contribution < 1.29 is 17.9 Å². The van der Waals surface area contributed by atoms with Crippen molar-refractivity contribution in [3.05, 3.63) is 29.3 Å². The number of ether oxygens (including phenoxy) is 1. The Hall–Kier alpha value is -1.35. The highest BCUT2D eigenvalue weighted by Crippen LogP contribution is 2.18. The molecule has 0 unspecified atom stereocenters. The lowest BCUT2D eigenvalue weighted by atomic mass is 10.1. The van der Waals surface area contributed by atoms with Gasteiger partial charge in [-0.2, -0.15) is 0 Å². The average molecular weight is 362 g/mol. The van der Waals surface area contributed by atoms with E-state index in [1.807, 2.05) is 0 Å². The summed E-state index contributed by atoms with van der Waals surface area (Å²) >= 11 is 5.86. The molecule has 2 atom stereocenters. The number of amides is 2. The van der Waals surface area contributed by atoms with Gasteiger partial charge in [0.25, 0.3) is 0 Å². The van der Waals surface area contributed by atoms with E-state index in [9.17, 15) is 13.2 Å². The van der Waals surface area contributed by atoms with Crippen LogP contribution >= 0.6 is 11.6 Å². The number of nitrogens with one attached hydrogen (secondary N) is 2. The van der Waals surface area contributed by atoms with Gasteiger partial charge < -0.3 is 15.4 Å². The molecular formula is C14H20ClN3O4S. The van der Waals surface area contributed by atoms with Crippen molar-refractivity contribution in [3.63, 3.8) is 0 Å². The molecule has 1 aromatic carbocycles. The highest BCUT2D eigenvalue weighted by atomic mass is 35.5. The van der Waals surface area contributed by atoms with Crippen molar-refractivity contribution >= 4 is 33.3 Å². The van der Waals surface area contributed by atoms with E-state index in [0.717, 1.165) is 0 Å². The maximum Gasteiger partial charge on any atom is 0.319 e. The topological polar surface area (TPSA) is 87.7 Å². The fourth-order valence-corrected chi connectivity index (χ4v) is 3.60.